The van der Waals surface area contributed by atoms with E-state index < -0.39 is 23.4 Å². The summed E-state index contributed by atoms with van der Waals surface area (Å²) in [6.07, 6.45) is 3.79. The molecular weight excluding hydrogens is 438 g/mol. The maximum absolute atomic E-state index is 14.2. The van der Waals surface area contributed by atoms with Crippen LogP contribution in [0.4, 0.5) is 5.69 Å². The Morgan fingerprint density at radius 3 is 2.34 bits per heavy atom. The minimum Gasteiger partial charge on any atom is -0.497 e. The lowest BCUT2D eigenvalue weighted by Gasteiger charge is -2.35. The molecule has 5 rings (SSSR count). The highest BCUT2D eigenvalue weighted by atomic mass is 16.5. The Bertz CT molecular complexity index is 1390. The van der Waals surface area contributed by atoms with Crippen molar-refractivity contribution in [1.82, 2.24) is 0 Å². The third-order valence-corrected chi connectivity index (χ3v) is 7.01. The molecule has 0 aromatic heterocycles. The topological polar surface area (TPSA) is 86.3 Å². The van der Waals surface area contributed by atoms with Crippen LogP contribution < -0.4 is 14.4 Å². The van der Waals surface area contributed by atoms with Crippen LogP contribution >= 0.6 is 0 Å². The number of nitrogens with zero attached hydrogens (tertiary/aromatic N) is 3. The maximum Gasteiger partial charge on any atom is 0.185 e. The van der Waals surface area contributed by atoms with E-state index in [1.165, 1.54) is 7.11 Å². The number of rotatable bonds is 5. The van der Waals surface area contributed by atoms with E-state index in [1.807, 2.05) is 59.5 Å². The van der Waals surface area contributed by atoms with Gasteiger partial charge in [0.2, 0.25) is 0 Å². The van der Waals surface area contributed by atoms with Crippen LogP contribution in [0.1, 0.15) is 27.4 Å². The van der Waals surface area contributed by atoms with Gasteiger partial charge in [0, 0.05) is 16.8 Å². The summed E-state index contributed by atoms with van der Waals surface area (Å²) in [6, 6.07) is 25.2. The summed E-state index contributed by atoms with van der Waals surface area (Å²) in [5.41, 5.74) is 1.29. The molecule has 0 radical (unpaired) electrons. The van der Waals surface area contributed by atoms with Gasteiger partial charge in [-0.3, -0.25) is 4.79 Å². The predicted molar refractivity (Wildman–Crippen MR) is 132 cm³/mol. The molecule has 3 atom stereocenters. The molecule has 2 aliphatic rings. The molecule has 6 heteroatoms. The zero-order valence-corrected chi connectivity index (χ0v) is 19.4. The average Bonchev–Trinajstić information content (AvgIpc) is 3.23. The molecule has 0 unspecified atom stereocenters. The van der Waals surface area contributed by atoms with Crippen molar-refractivity contribution in [3.05, 3.63) is 95.6 Å². The van der Waals surface area contributed by atoms with Crippen molar-refractivity contribution in [2.75, 3.05) is 19.1 Å². The van der Waals surface area contributed by atoms with Crippen molar-refractivity contribution in [3.8, 4) is 23.6 Å². The van der Waals surface area contributed by atoms with Gasteiger partial charge >= 0.3 is 0 Å². The Balaban J connectivity index is 1.83. The predicted octanol–water partition coefficient (Wildman–Crippen LogP) is 4.99. The van der Waals surface area contributed by atoms with Gasteiger partial charge in [-0.15, -0.1) is 0 Å². The minimum atomic E-state index is -1.56. The lowest BCUT2D eigenvalue weighted by Crippen LogP contribution is -2.44. The molecule has 172 valence electrons. The molecule has 3 aromatic rings. The average molecular weight is 462 g/mol. The molecule has 1 saturated heterocycles. The van der Waals surface area contributed by atoms with Crippen LogP contribution in [0.2, 0.25) is 0 Å². The summed E-state index contributed by atoms with van der Waals surface area (Å²) in [5.74, 6) is 0.0740. The molecule has 0 bridgehead atoms. The second-order valence-corrected chi connectivity index (χ2v) is 8.62. The summed E-state index contributed by atoms with van der Waals surface area (Å²) >= 11 is 0. The first-order valence-electron chi connectivity index (χ1n) is 11.3. The molecule has 3 aromatic carbocycles. The summed E-state index contributed by atoms with van der Waals surface area (Å²) < 4.78 is 11.1. The Hall–Kier alpha value is -4.55. The van der Waals surface area contributed by atoms with Crippen LogP contribution in [-0.4, -0.2) is 32.1 Å². The highest BCUT2D eigenvalue weighted by Crippen LogP contribution is 2.57. The molecule has 35 heavy (non-hydrogen) atoms. The van der Waals surface area contributed by atoms with Gasteiger partial charge < -0.3 is 14.4 Å². The molecule has 2 aliphatic heterocycles. The fraction of sp³-hybridized carbons (Fsp3) is 0.207. The highest BCUT2D eigenvalue weighted by Gasteiger charge is 2.64. The van der Waals surface area contributed by atoms with E-state index in [-0.39, 0.29) is 5.78 Å². The number of carbonyl (C=O) groups excluding carboxylic acids is 1. The Morgan fingerprint density at radius 1 is 0.943 bits per heavy atom. The summed E-state index contributed by atoms with van der Waals surface area (Å²) in [7, 11) is 3.09. The highest BCUT2D eigenvalue weighted by molar-refractivity contribution is 6.04. The quantitative estimate of drug-likeness (QED) is 0.498. The fourth-order valence-corrected chi connectivity index (χ4v) is 5.43. The summed E-state index contributed by atoms with van der Waals surface area (Å²) in [5, 5.41) is 21.2. The van der Waals surface area contributed by atoms with Crippen molar-refractivity contribution < 1.29 is 14.3 Å². The number of ether oxygens (including phenoxy) is 2. The lowest BCUT2D eigenvalue weighted by atomic mass is 9.69. The largest absolute Gasteiger partial charge is 0.497 e. The molecule has 0 amide bonds. The van der Waals surface area contributed by atoms with Gasteiger partial charge in [0.15, 0.2) is 11.2 Å². The fourth-order valence-electron chi connectivity index (χ4n) is 5.43. The third-order valence-electron chi connectivity index (χ3n) is 7.01. The number of hydrogen-bond donors (Lipinski definition) is 0. The second kappa shape index (κ2) is 8.66. The van der Waals surface area contributed by atoms with Crippen LogP contribution in [0.25, 0.3) is 6.08 Å². The number of benzene rings is 3. The van der Waals surface area contributed by atoms with Crippen molar-refractivity contribution in [3.63, 3.8) is 0 Å². The van der Waals surface area contributed by atoms with Gasteiger partial charge in [-0.25, -0.2) is 0 Å². The molecule has 0 aliphatic carbocycles. The molecular formula is C29H23N3O3. The van der Waals surface area contributed by atoms with Crippen molar-refractivity contribution >= 4 is 17.5 Å². The number of ketones is 1. The number of Topliss-reactive ketones (excluding diaryl/α,β-unsaturated/α-hetero) is 1. The van der Waals surface area contributed by atoms with E-state index in [9.17, 15) is 15.3 Å². The van der Waals surface area contributed by atoms with Gasteiger partial charge in [-0.1, -0.05) is 60.7 Å². The van der Waals surface area contributed by atoms with Crippen LogP contribution in [0, 0.1) is 28.1 Å². The first-order chi connectivity index (χ1) is 17.1. The SMILES string of the molecule is COc1ccc(OC)c([C@@H]2[C@@H](C(=O)c3ccccc3)N3c4ccccc4C=C[C@H]3C2(C#N)C#N)c1. The molecule has 2 heterocycles. The first kappa shape index (κ1) is 22.3. The number of para-hydroxylation sites is 1. The van der Waals surface area contributed by atoms with E-state index in [1.54, 1.807) is 37.4 Å². The number of hydrogen-bond acceptors (Lipinski definition) is 6. The standard InChI is InChI=1S/C29H23N3O3/c1-34-21-13-14-24(35-2)22(16-21)26-27(28(33)20-9-4-3-5-10-20)32-23-11-7-6-8-19(23)12-15-25(32)29(26,17-30)18-31/h3-16,25-27H,1-2H3/t25-,26+,27-/m0/s1. The number of fused-ring (bicyclic) bond motifs is 3. The Morgan fingerprint density at radius 2 is 1.66 bits per heavy atom. The molecule has 6 nitrogen and oxygen atoms in total. The van der Waals surface area contributed by atoms with E-state index in [0.717, 1.165) is 11.3 Å². The first-order valence-corrected chi connectivity index (χ1v) is 11.3. The van der Waals surface area contributed by atoms with Crippen LogP contribution in [-0.2, 0) is 0 Å². The van der Waals surface area contributed by atoms with Crippen LogP contribution in [0.3, 0.4) is 0 Å². The number of anilines is 1. The van der Waals surface area contributed by atoms with E-state index in [0.29, 0.717) is 22.6 Å². The van der Waals surface area contributed by atoms with Crippen molar-refractivity contribution in [1.29, 1.82) is 10.5 Å². The van der Waals surface area contributed by atoms with Gasteiger partial charge in [0.1, 0.15) is 17.5 Å². The van der Waals surface area contributed by atoms with Crippen molar-refractivity contribution in [2.45, 2.75) is 18.0 Å². The Labute approximate surface area is 204 Å². The summed E-state index contributed by atoms with van der Waals surface area (Å²) in [4.78, 5) is 16.2. The number of methoxy groups -OCH3 is 2. The summed E-state index contributed by atoms with van der Waals surface area (Å²) in [6.45, 7) is 0. The van der Waals surface area contributed by atoms with Gasteiger partial charge in [0.05, 0.1) is 38.3 Å². The molecule has 1 fully saturated rings. The molecule has 0 saturated carbocycles. The van der Waals surface area contributed by atoms with Crippen LogP contribution in [0.5, 0.6) is 11.5 Å². The normalized spacial score (nSPS) is 21.3. The van der Waals surface area contributed by atoms with Gasteiger partial charge in [-0.2, -0.15) is 10.5 Å². The molecule has 0 N–H and O–H groups in total. The smallest absolute Gasteiger partial charge is 0.185 e. The number of nitriles is 2. The van der Waals surface area contributed by atoms with E-state index in [4.69, 9.17) is 9.47 Å². The monoisotopic (exact) mass is 461 g/mol. The molecule has 0 spiro atoms. The van der Waals surface area contributed by atoms with E-state index in [2.05, 4.69) is 12.1 Å². The number of carbonyl (C=O) groups is 1. The van der Waals surface area contributed by atoms with Crippen molar-refractivity contribution in [2.24, 2.45) is 5.41 Å². The lowest BCUT2D eigenvalue weighted by molar-refractivity contribution is 0.0950. The van der Waals surface area contributed by atoms with Crippen LogP contribution in [0.15, 0.2) is 78.9 Å². The Kier molecular flexibility index (Phi) is 5.51. The third kappa shape index (κ3) is 3.26. The zero-order chi connectivity index (χ0) is 24.6. The van der Waals surface area contributed by atoms with Gasteiger partial charge in [-0.05, 0) is 29.8 Å². The maximum atomic E-state index is 14.2. The minimum absolute atomic E-state index is 0.164. The zero-order valence-electron chi connectivity index (χ0n) is 19.4. The second-order valence-electron chi connectivity index (χ2n) is 8.62. The van der Waals surface area contributed by atoms with E-state index >= 15 is 0 Å². The van der Waals surface area contributed by atoms with Gasteiger partial charge in [0.25, 0.3) is 0 Å².